The summed E-state index contributed by atoms with van der Waals surface area (Å²) in [5, 5.41) is 24.4. The fourth-order valence-electron chi connectivity index (χ4n) is 2.07. The van der Waals surface area contributed by atoms with Crippen molar-refractivity contribution in [2.45, 2.75) is 0 Å². The highest BCUT2D eigenvalue weighted by atomic mass is 16.6. The highest BCUT2D eigenvalue weighted by Gasteiger charge is 2.22. The molecule has 0 radical (unpaired) electrons. The van der Waals surface area contributed by atoms with Gasteiger partial charge in [0, 0.05) is 23.8 Å². The fraction of sp³-hybridized carbons (Fsp3) is 0.133. The molecule has 0 saturated carbocycles. The standard InChI is InChI=1S/C15H13N3O7/c1-24-13-7-11(12(18(22)23)8-14(13)25-2)16-15(19)9-4-3-5-10(6-9)17(20)21/h3-8H,1-2H3,(H,16,19). The van der Waals surface area contributed by atoms with Gasteiger partial charge in [-0.1, -0.05) is 6.07 Å². The second-order valence-electron chi connectivity index (χ2n) is 4.74. The number of rotatable bonds is 6. The highest BCUT2D eigenvalue weighted by Crippen LogP contribution is 2.37. The quantitative estimate of drug-likeness (QED) is 0.627. The van der Waals surface area contributed by atoms with E-state index in [2.05, 4.69) is 5.32 Å². The third-order valence-electron chi connectivity index (χ3n) is 3.27. The van der Waals surface area contributed by atoms with E-state index in [1.54, 1.807) is 0 Å². The lowest BCUT2D eigenvalue weighted by Crippen LogP contribution is -2.13. The maximum atomic E-state index is 12.3. The van der Waals surface area contributed by atoms with E-state index in [-0.39, 0.29) is 28.4 Å². The Hall–Kier alpha value is -3.69. The van der Waals surface area contributed by atoms with E-state index in [1.165, 1.54) is 38.5 Å². The smallest absolute Gasteiger partial charge is 0.296 e. The number of nitrogens with one attached hydrogen (secondary N) is 1. The molecule has 0 aliphatic rings. The topological polar surface area (TPSA) is 134 Å². The van der Waals surface area contributed by atoms with Crippen molar-refractivity contribution in [1.82, 2.24) is 0 Å². The summed E-state index contributed by atoms with van der Waals surface area (Å²) >= 11 is 0. The van der Waals surface area contributed by atoms with Crippen molar-refractivity contribution in [3.8, 4) is 11.5 Å². The molecule has 0 spiro atoms. The van der Waals surface area contributed by atoms with E-state index in [0.717, 1.165) is 12.1 Å². The summed E-state index contributed by atoms with van der Waals surface area (Å²) in [7, 11) is 2.67. The molecule has 0 bridgehead atoms. The van der Waals surface area contributed by atoms with Gasteiger partial charge >= 0.3 is 0 Å². The first kappa shape index (κ1) is 17.7. The van der Waals surface area contributed by atoms with Crippen LogP contribution in [0.1, 0.15) is 10.4 Å². The number of nitro groups is 2. The minimum Gasteiger partial charge on any atom is -0.493 e. The van der Waals surface area contributed by atoms with Crippen LogP contribution >= 0.6 is 0 Å². The number of carbonyl (C=O) groups is 1. The van der Waals surface area contributed by atoms with Crippen molar-refractivity contribution in [3.63, 3.8) is 0 Å². The van der Waals surface area contributed by atoms with Crippen LogP contribution in [0, 0.1) is 20.2 Å². The van der Waals surface area contributed by atoms with Crippen molar-refractivity contribution in [2.24, 2.45) is 0 Å². The van der Waals surface area contributed by atoms with Crippen molar-refractivity contribution in [2.75, 3.05) is 19.5 Å². The fourth-order valence-corrected chi connectivity index (χ4v) is 2.07. The van der Waals surface area contributed by atoms with Gasteiger partial charge < -0.3 is 14.8 Å². The molecule has 130 valence electrons. The molecule has 0 atom stereocenters. The third-order valence-corrected chi connectivity index (χ3v) is 3.27. The molecule has 0 fully saturated rings. The van der Waals surface area contributed by atoms with Gasteiger partial charge in [-0.2, -0.15) is 0 Å². The van der Waals surface area contributed by atoms with E-state index in [0.29, 0.717) is 0 Å². The number of nitrogens with zero attached hydrogens (tertiary/aromatic N) is 2. The third kappa shape index (κ3) is 3.80. The molecule has 2 aromatic rings. The van der Waals surface area contributed by atoms with E-state index >= 15 is 0 Å². The SMILES string of the molecule is COc1cc(NC(=O)c2cccc([N+](=O)[O-])c2)c([N+](=O)[O-])cc1OC. The summed E-state index contributed by atoms with van der Waals surface area (Å²) in [6, 6.07) is 7.36. The van der Waals surface area contributed by atoms with Gasteiger partial charge in [0.25, 0.3) is 17.3 Å². The molecule has 2 rings (SSSR count). The Morgan fingerprint density at radius 1 is 1.00 bits per heavy atom. The van der Waals surface area contributed by atoms with Crippen LogP contribution in [-0.4, -0.2) is 30.0 Å². The summed E-state index contributed by atoms with van der Waals surface area (Å²) in [6.07, 6.45) is 0. The van der Waals surface area contributed by atoms with Crippen molar-refractivity contribution in [3.05, 3.63) is 62.2 Å². The summed E-state index contributed by atoms with van der Waals surface area (Å²) in [4.78, 5) is 33.0. The Kier molecular flexibility index (Phi) is 5.12. The van der Waals surface area contributed by atoms with Gasteiger partial charge in [-0.05, 0) is 6.07 Å². The number of carbonyl (C=O) groups excluding carboxylic acids is 1. The average Bonchev–Trinajstić information content (AvgIpc) is 2.60. The molecule has 0 aliphatic carbocycles. The number of benzene rings is 2. The maximum absolute atomic E-state index is 12.3. The lowest BCUT2D eigenvalue weighted by atomic mass is 10.1. The Labute approximate surface area is 141 Å². The molecule has 0 unspecified atom stereocenters. The van der Waals surface area contributed by atoms with E-state index in [4.69, 9.17) is 9.47 Å². The van der Waals surface area contributed by atoms with Gasteiger partial charge in [0.2, 0.25) is 0 Å². The molecule has 0 aliphatic heterocycles. The summed E-state index contributed by atoms with van der Waals surface area (Å²) in [5.41, 5.74) is -0.816. The molecule has 10 nitrogen and oxygen atoms in total. The number of nitro benzene ring substituents is 2. The minimum atomic E-state index is -0.737. The van der Waals surface area contributed by atoms with Crippen molar-refractivity contribution >= 4 is 23.0 Å². The van der Waals surface area contributed by atoms with Crippen LogP contribution in [0.3, 0.4) is 0 Å². The summed E-state index contributed by atoms with van der Waals surface area (Å²) < 4.78 is 10.1. The Morgan fingerprint density at radius 3 is 2.20 bits per heavy atom. The molecule has 0 saturated heterocycles. The Bertz CT molecular complexity index is 851. The van der Waals surface area contributed by atoms with Crippen LogP contribution in [0.2, 0.25) is 0 Å². The van der Waals surface area contributed by atoms with Crippen LogP contribution in [0.4, 0.5) is 17.1 Å². The second kappa shape index (κ2) is 7.25. The normalized spacial score (nSPS) is 10.0. The van der Waals surface area contributed by atoms with Gasteiger partial charge in [-0.25, -0.2) is 0 Å². The number of hydrogen-bond acceptors (Lipinski definition) is 7. The lowest BCUT2D eigenvalue weighted by molar-refractivity contribution is -0.384. The second-order valence-corrected chi connectivity index (χ2v) is 4.74. The first-order chi connectivity index (χ1) is 11.9. The molecular formula is C15H13N3O7. The van der Waals surface area contributed by atoms with E-state index < -0.39 is 21.4 Å². The number of amides is 1. The van der Waals surface area contributed by atoms with Gasteiger partial charge in [0.05, 0.1) is 30.1 Å². The number of methoxy groups -OCH3 is 2. The molecule has 25 heavy (non-hydrogen) atoms. The number of hydrogen-bond donors (Lipinski definition) is 1. The number of ether oxygens (including phenoxy) is 2. The molecule has 1 N–H and O–H groups in total. The van der Waals surface area contributed by atoms with Crippen LogP contribution in [0.5, 0.6) is 11.5 Å². The van der Waals surface area contributed by atoms with Crippen LogP contribution in [0.15, 0.2) is 36.4 Å². The monoisotopic (exact) mass is 347 g/mol. The first-order valence-corrected chi connectivity index (χ1v) is 6.83. The van der Waals surface area contributed by atoms with Crippen LogP contribution in [-0.2, 0) is 0 Å². The number of non-ortho nitro benzene ring substituents is 1. The predicted octanol–water partition coefficient (Wildman–Crippen LogP) is 2.77. The molecule has 0 heterocycles. The lowest BCUT2D eigenvalue weighted by Gasteiger charge is -2.11. The van der Waals surface area contributed by atoms with Crippen molar-refractivity contribution < 1.29 is 24.1 Å². The first-order valence-electron chi connectivity index (χ1n) is 6.83. The van der Waals surface area contributed by atoms with E-state index in [9.17, 15) is 25.0 Å². The van der Waals surface area contributed by atoms with Crippen LogP contribution < -0.4 is 14.8 Å². The predicted molar refractivity (Wildman–Crippen MR) is 87.2 cm³/mol. The van der Waals surface area contributed by atoms with Gasteiger partial charge in [-0.3, -0.25) is 25.0 Å². The zero-order chi connectivity index (χ0) is 18.6. The van der Waals surface area contributed by atoms with E-state index in [1.807, 2.05) is 0 Å². The van der Waals surface area contributed by atoms with Gasteiger partial charge in [0.1, 0.15) is 5.69 Å². The van der Waals surface area contributed by atoms with Crippen LogP contribution in [0.25, 0.3) is 0 Å². The Morgan fingerprint density at radius 2 is 1.64 bits per heavy atom. The largest absolute Gasteiger partial charge is 0.493 e. The summed E-state index contributed by atoms with van der Waals surface area (Å²) in [5.74, 6) is -0.427. The van der Waals surface area contributed by atoms with Gasteiger partial charge in [0.15, 0.2) is 11.5 Å². The van der Waals surface area contributed by atoms with Gasteiger partial charge in [-0.15, -0.1) is 0 Å². The maximum Gasteiger partial charge on any atom is 0.296 e. The molecule has 1 amide bonds. The minimum absolute atomic E-state index is 0.0155. The molecule has 2 aromatic carbocycles. The zero-order valence-corrected chi connectivity index (χ0v) is 13.2. The van der Waals surface area contributed by atoms with Crippen molar-refractivity contribution in [1.29, 1.82) is 0 Å². The molecule has 10 heteroatoms. The molecular weight excluding hydrogens is 334 g/mol. The Balaban J connectivity index is 2.41. The summed E-state index contributed by atoms with van der Waals surface area (Å²) in [6.45, 7) is 0. The molecule has 0 aromatic heterocycles. The number of anilines is 1. The highest BCUT2D eigenvalue weighted by molar-refractivity contribution is 6.06. The zero-order valence-electron chi connectivity index (χ0n) is 13.2. The average molecular weight is 347 g/mol.